The third-order valence-corrected chi connectivity index (χ3v) is 13.7. The van der Waals surface area contributed by atoms with E-state index in [1.54, 1.807) is 28.7 Å². The molecule has 0 heteroatoms. The van der Waals surface area contributed by atoms with Crippen molar-refractivity contribution in [2.45, 2.75) is 92.4 Å². The lowest BCUT2D eigenvalue weighted by molar-refractivity contribution is -0.0867. The Bertz CT molecular complexity index is 1020. The van der Waals surface area contributed by atoms with Crippen LogP contribution in [0.25, 0.3) is 0 Å². The fourth-order valence-corrected chi connectivity index (χ4v) is 12.2. The number of hydrogen-bond acceptors (Lipinski definition) is 0. The van der Waals surface area contributed by atoms with Crippen LogP contribution in [0, 0.1) is 63.6 Å². The van der Waals surface area contributed by atoms with Crippen molar-refractivity contribution in [1.29, 1.82) is 0 Å². The van der Waals surface area contributed by atoms with E-state index in [2.05, 4.69) is 47.3 Å². The number of fused-ring (bicyclic) bond motifs is 6. The topological polar surface area (TPSA) is 0 Å². The monoisotopic (exact) mass is 442 g/mol. The fraction of sp³-hybridized carbons (Fsp3) is 0.758. The first-order valence-corrected chi connectivity index (χ1v) is 14.4. The summed E-state index contributed by atoms with van der Waals surface area (Å²) in [6, 6.07) is 0. The van der Waals surface area contributed by atoms with Crippen LogP contribution < -0.4 is 0 Å². The molecular weight excluding hydrogens is 396 g/mol. The molecule has 11 unspecified atom stereocenters. The second-order valence-corrected chi connectivity index (χ2v) is 14.3. The first-order valence-electron chi connectivity index (χ1n) is 14.4. The molecule has 5 saturated carbocycles. The summed E-state index contributed by atoms with van der Waals surface area (Å²) in [7, 11) is 0. The van der Waals surface area contributed by atoms with Gasteiger partial charge in [0.2, 0.25) is 0 Å². The fourth-order valence-electron chi connectivity index (χ4n) is 12.2. The predicted molar refractivity (Wildman–Crippen MR) is 139 cm³/mol. The summed E-state index contributed by atoms with van der Waals surface area (Å²) in [6.45, 7) is 21.8. The molecule has 0 saturated heterocycles. The minimum absolute atomic E-state index is 0.410. The summed E-state index contributed by atoms with van der Waals surface area (Å²) in [5, 5.41) is 0. The summed E-state index contributed by atoms with van der Waals surface area (Å²) >= 11 is 0. The summed E-state index contributed by atoms with van der Waals surface area (Å²) in [4.78, 5) is 0. The summed E-state index contributed by atoms with van der Waals surface area (Å²) in [6.07, 6.45) is 15.4. The van der Waals surface area contributed by atoms with Crippen molar-refractivity contribution in [3.8, 4) is 0 Å². The standard InChI is InChI=1S/C33H46/c1-8-24-19(3)13-22(14-20(24)4)16-23-9-10-26-25-17-29-30-28-15-18(2)21(5)32(7,33(28,29)30)27(25)11-12-31(23,26)6/h15,22-23,25-30H,3,5,8-14,16-17H2,1-2,4,6-7H3. The van der Waals surface area contributed by atoms with E-state index in [0.29, 0.717) is 16.2 Å². The number of allylic oxidation sites excluding steroid dienone is 6. The quantitative estimate of drug-likeness (QED) is 0.409. The smallest absolute Gasteiger partial charge is 0.00202 e. The molecule has 0 aromatic carbocycles. The van der Waals surface area contributed by atoms with Crippen molar-refractivity contribution in [1.82, 2.24) is 0 Å². The molecule has 0 radical (unpaired) electrons. The minimum atomic E-state index is 0.410. The average molecular weight is 443 g/mol. The van der Waals surface area contributed by atoms with Crippen LogP contribution in [0.2, 0.25) is 0 Å². The van der Waals surface area contributed by atoms with E-state index in [1.165, 1.54) is 56.9 Å². The average Bonchev–Trinajstić information content (AvgIpc) is 3.60. The van der Waals surface area contributed by atoms with Gasteiger partial charge in [-0.1, -0.05) is 56.7 Å². The maximum absolute atomic E-state index is 4.77. The SMILES string of the molecule is C=C1CC(CC2CCC3C4CC5C6C7C=C(C)C(=C)C(C)(C4CCC23C)C756)CC(C)=C1CC. The molecule has 7 aliphatic rings. The van der Waals surface area contributed by atoms with Gasteiger partial charge in [0.1, 0.15) is 0 Å². The lowest BCUT2D eigenvalue weighted by Crippen LogP contribution is -2.54. The van der Waals surface area contributed by atoms with Gasteiger partial charge in [0.25, 0.3) is 0 Å². The van der Waals surface area contributed by atoms with E-state index in [4.69, 9.17) is 6.58 Å². The summed E-state index contributed by atoms with van der Waals surface area (Å²) in [5.41, 5.74) is 9.45. The second kappa shape index (κ2) is 6.39. The van der Waals surface area contributed by atoms with Crippen LogP contribution >= 0.6 is 0 Å². The number of hydrogen-bond donors (Lipinski definition) is 0. The van der Waals surface area contributed by atoms with E-state index in [1.807, 2.05) is 0 Å². The maximum atomic E-state index is 4.77. The Morgan fingerprint density at radius 1 is 1.00 bits per heavy atom. The van der Waals surface area contributed by atoms with Gasteiger partial charge in [0.15, 0.2) is 0 Å². The highest BCUT2D eigenvalue weighted by atomic mass is 15.0. The van der Waals surface area contributed by atoms with E-state index in [-0.39, 0.29) is 0 Å². The van der Waals surface area contributed by atoms with Gasteiger partial charge in [-0.05, 0) is 141 Å². The van der Waals surface area contributed by atoms with Gasteiger partial charge in [-0.3, -0.25) is 0 Å². The van der Waals surface area contributed by atoms with Gasteiger partial charge >= 0.3 is 0 Å². The Kier molecular flexibility index (Phi) is 4.11. The molecule has 1 spiro atoms. The molecule has 0 aromatic heterocycles. The Morgan fingerprint density at radius 3 is 2.52 bits per heavy atom. The molecule has 7 aliphatic carbocycles. The molecule has 0 heterocycles. The Labute approximate surface area is 203 Å². The Hall–Kier alpha value is -1.04. The van der Waals surface area contributed by atoms with Crippen LogP contribution in [-0.2, 0) is 0 Å². The molecule has 0 nitrogen and oxygen atoms in total. The predicted octanol–water partition coefficient (Wildman–Crippen LogP) is 8.92. The van der Waals surface area contributed by atoms with E-state index in [9.17, 15) is 0 Å². The normalized spacial score (nSPS) is 56.0. The van der Waals surface area contributed by atoms with Gasteiger partial charge in [0.05, 0.1) is 0 Å². The van der Waals surface area contributed by atoms with E-state index >= 15 is 0 Å². The molecule has 5 fully saturated rings. The molecular formula is C33H46. The van der Waals surface area contributed by atoms with Gasteiger partial charge < -0.3 is 0 Å². The van der Waals surface area contributed by atoms with Crippen molar-refractivity contribution >= 4 is 0 Å². The molecule has 0 aliphatic heterocycles. The summed E-state index contributed by atoms with van der Waals surface area (Å²) in [5.74, 6) is 7.64. The van der Waals surface area contributed by atoms with Crippen LogP contribution in [0.15, 0.2) is 47.1 Å². The second-order valence-electron chi connectivity index (χ2n) is 14.3. The molecule has 7 rings (SSSR count). The number of rotatable bonds is 3. The molecule has 0 aromatic rings. The Morgan fingerprint density at radius 2 is 1.79 bits per heavy atom. The highest BCUT2D eigenvalue weighted by Crippen LogP contribution is 2.98. The summed E-state index contributed by atoms with van der Waals surface area (Å²) < 4.78 is 0. The van der Waals surface area contributed by atoms with Crippen LogP contribution in [0.5, 0.6) is 0 Å². The van der Waals surface area contributed by atoms with E-state index in [0.717, 1.165) is 47.3 Å². The molecule has 33 heavy (non-hydrogen) atoms. The van der Waals surface area contributed by atoms with E-state index < -0.39 is 0 Å². The van der Waals surface area contributed by atoms with Crippen molar-refractivity contribution in [2.24, 2.45) is 63.6 Å². The van der Waals surface area contributed by atoms with Crippen LogP contribution in [0.3, 0.4) is 0 Å². The molecule has 11 atom stereocenters. The maximum Gasteiger partial charge on any atom is 0.00202 e. The third-order valence-electron chi connectivity index (χ3n) is 13.7. The van der Waals surface area contributed by atoms with Gasteiger partial charge in [0, 0.05) is 5.41 Å². The van der Waals surface area contributed by atoms with Crippen LogP contribution in [0.4, 0.5) is 0 Å². The van der Waals surface area contributed by atoms with Crippen molar-refractivity contribution in [2.75, 3.05) is 0 Å². The zero-order valence-corrected chi connectivity index (χ0v) is 22.0. The van der Waals surface area contributed by atoms with Crippen LogP contribution in [0.1, 0.15) is 92.4 Å². The first-order chi connectivity index (χ1) is 15.7. The largest absolute Gasteiger partial charge is 0.0955 e. The molecule has 0 N–H and O–H groups in total. The van der Waals surface area contributed by atoms with Crippen molar-refractivity contribution in [3.63, 3.8) is 0 Å². The first kappa shape index (κ1) is 21.3. The van der Waals surface area contributed by atoms with Gasteiger partial charge in [-0.15, -0.1) is 0 Å². The van der Waals surface area contributed by atoms with Gasteiger partial charge in [-0.2, -0.15) is 0 Å². The lowest BCUT2D eigenvalue weighted by atomic mass is 9.44. The minimum Gasteiger partial charge on any atom is -0.0955 e. The molecule has 0 amide bonds. The van der Waals surface area contributed by atoms with Crippen molar-refractivity contribution in [3.05, 3.63) is 47.1 Å². The molecule has 0 bridgehead atoms. The van der Waals surface area contributed by atoms with Gasteiger partial charge in [-0.25, -0.2) is 0 Å². The lowest BCUT2D eigenvalue weighted by Gasteiger charge is -2.60. The highest BCUT2D eigenvalue weighted by Gasteiger charge is 2.94. The zero-order valence-electron chi connectivity index (χ0n) is 22.0. The third kappa shape index (κ3) is 2.27. The molecule has 178 valence electrons. The Balaban J connectivity index is 1.14. The van der Waals surface area contributed by atoms with Crippen molar-refractivity contribution < 1.29 is 0 Å². The highest BCUT2D eigenvalue weighted by molar-refractivity contribution is 5.56. The zero-order chi connectivity index (χ0) is 23.1. The van der Waals surface area contributed by atoms with Crippen LogP contribution in [-0.4, -0.2) is 0 Å².